The van der Waals surface area contributed by atoms with Crippen LogP contribution in [0.2, 0.25) is 5.02 Å². The van der Waals surface area contributed by atoms with Crippen molar-refractivity contribution in [2.75, 3.05) is 24.6 Å². The van der Waals surface area contributed by atoms with Crippen LogP contribution in [0.25, 0.3) is 0 Å². The number of carbonyl (C=O) groups is 1. The van der Waals surface area contributed by atoms with E-state index in [0.29, 0.717) is 24.6 Å². The maximum absolute atomic E-state index is 12.9. The number of hydrogen-bond donors (Lipinski definition) is 2. The predicted octanol–water partition coefficient (Wildman–Crippen LogP) is 8.26. The molecule has 1 amide bonds. The second-order valence-electron chi connectivity index (χ2n) is 11.4. The van der Waals surface area contributed by atoms with E-state index in [1.54, 1.807) is 26.0 Å². The van der Waals surface area contributed by atoms with E-state index < -0.39 is 17.1 Å². The normalized spacial score (nSPS) is 20.1. The van der Waals surface area contributed by atoms with Crippen LogP contribution in [0.1, 0.15) is 94.6 Å². The van der Waals surface area contributed by atoms with Crippen LogP contribution >= 0.6 is 11.6 Å². The van der Waals surface area contributed by atoms with Gasteiger partial charge in [-0.3, -0.25) is 9.52 Å². The van der Waals surface area contributed by atoms with Crippen molar-refractivity contribution in [3.05, 3.63) is 83.4 Å². The van der Waals surface area contributed by atoms with Crippen LogP contribution in [0.3, 0.4) is 0 Å². The molecule has 0 bridgehead atoms. The molecular formula is C36H53ClN2O4S. The van der Waals surface area contributed by atoms with Gasteiger partial charge in [0.15, 0.2) is 0 Å². The van der Waals surface area contributed by atoms with Crippen molar-refractivity contribution in [1.29, 1.82) is 0 Å². The van der Waals surface area contributed by atoms with E-state index in [9.17, 15) is 14.1 Å². The molecule has 2 aromatic rings. The van der Waals surface area contributed by atoms with Gasteiger partial charge >= 0.3 is 0 Å². The molecule has 0 aromatic heterocycles. The number of anilines is 1. The number of amides is 1. The second-order valence-corrected chi connectivity index (χ2v) is 13.6. The zero-order valence-corrected chi connectivity index (χ0v) is 29.1. The van der Waals surface area contributed by atoms with Gasteiger partial charge in [-0.1, -0.05) is 63.9 Å². The number of aliphatic hydroxyl groups excluding tert-OH is 1. The lowest BCUT2D eigenvalue weighted by molar-refractivity contribution is 0.0465. The molecular weight excluding hydrogens is 592 g/mol. The fourth-order valence-electron chi connectivity index (χ4n) is 5.45. The van der Waals surface area contributed by atoms with E-state index >= 15 is 0 Å². The lowest BCUT2D eigenvalue weighted by Gasteiger charge is -2.42. The molecule has 1 aliphatic heterocycles. The van der Waals surface area contributed by atoms with Gasteiger partial charge in [-0.15, -0.1) is 13.2 Å². The summed E-state index contributed by atoms with van der Waals surface area (Å²) >= 11 is 6.35. The lowest BCUT2D eigenvalue weighted by Crippen LogP contribution is -2.43. The minimum atomic E-state index is -1.46. The highest BCUT2D eigenvalue weighted by Crippen LogP contribution is 2.42. The van der Waals surface area contributed by atoms with E-state index in [-0.39, 0.29) is 23.0 Å². The number of fused-ring (bicyclic) bond motifs is 1. The minimum Gasteiger partial charge on any atom is -0.491 e. The highest BCUT2D eigenvalue weighted by atomic mass is 35.5. The highest BCUT2D eigenvalue weighted by molar-refractivity contribution is 7.84. The predicted molar refractivity (Wildman–Crippen MR) is 187 cm³/mol. The third-order valence-electron chi connectivity index (χ3n) is 8.03. The first-order chi connectivity index (χ1) is 21.1. The van der Waals surface area contributed by atoms with Crippen LogP contribution in [0.5, 0.6) is 5.75 Å². The fraction of sp³-hybridized carbons (Fsp3) is 0.528. The van der Waals surface area contributed by atoms with Gasteiger partial charge in [-0.05, 0) is 92.8 Å². The summed E-state index contributed by atoms with van der Waals surface area (Å²) in [6, 6.07) is 11.5. The van der Waals surface area contributed by atoms with Gasteiger partial charge in [0.1, 0.15) is 16.7 Å². The SMILES string of the molecule is C=CC(O)C1CCC1CN1CC(c2ccc(Cl)cc2CCC)COc2ccc(C(=O)NS(=O)C(C)C)cc21.C=CCC.CC. The van der Waals surface area contributed by atoms with E-state index in [0.717, 1.165) is 55.1 Å². The van der Waals surface area contributed by atoms with E-state index in [1.807, 2.05) is 38.1 Å². The summed E-state index contributed by atoms with van der Waals surface area (Å²) in [6.07, 6.45) is 8.02. The summed E-state index contributed by atoms with van der Waals surface area (Å²) in [4.78, 5) is 15.2. The van der Waals surface area contributed by atoms with Crippen molar-refractivity contribution in [3.8, 4) is 5.75 Å². The molecule has 244 valence electrons. The standard InChI is InChI=1S/C30H39ClN2O4S.C4H8.C2H6/c1-5-7-20-14-24(31)10-12-25(20)23-17-33(16-22-8-11-26(22)28(34)6-2)27-15-21(9-13-29(27)37-18-23)30(35)32-38(36)19(3)4;1-3-4-2;1-2/h6,9-10,12-15,19,22-23,26,28,34H,2,5,7-8,11,16-18H2,1,3-4H3,(H,32,35);3H,1,4H2,2H3;1-2H3. The number of nitrogens with one attached hydrogen (secondary N) is 1. The number of benzene rings is 2. The monoisotopic (exact) mass is 644 g/mol. The lowest BCUT2D eigenvalue weighted by atomic mass is 9.70. The summed E-state index contributed by atoms with van der Waals surface area (Å²) in [5, 5.41) is 11.0. The zero-order valence-electron chi connectivity index (χ0n) is 27.5. The van der Waals surface area contributed by atoms with Gasteiger partial charge in [0.2, 0.25) is 0 Å². The number of halogens is 1. The van der Waals surface area contributed by atoms with Gasteiger partial charge < -0.3 is 14.7 Å². The average Bonchev–Trinajstić information content (AvgIpc) is 3.19. The third-order valence-corrected chi connectivity index (χ3v) is 9.51. The number of nitrogens with zero attached hydrogens (tertiary/aromatic N) is 1. The molecule has 1 heterocycles. The zero-order chi connectivity index (χ0) is 32.8. The molecule has 6 nitrogen and oxygen atoms in total. The molecule has 44 heavy (non-hydrogen) atoms. The average molecular weight is 645 g/mol. The smallest absolute Gasteiger partial charge is 0.263 e. The Bertz CT molecular complexity index is 1250. The Morgan fingerprint density at radius 1 is 1.18 bits per heavy atom. The van der Waals surface area contributed by atoms with Crippen LogP contribution in [-0.4, -0.2) is 46.3 Å². The molecule has 1 saturated carbocycles. The third kappa shape index (κ3) is 10.2. The van der Waals surface area contributed by atoms with Crippen molar-refractivity contribution in [2.24, 2.45) is 11.8 Å². The Morgan fingerprint density at radius 2 is 1.89 bits per heavy atom. The van der Waals surface area contributed by atoms with E-state index in [1.165, 1.54) is 11.1 Å². The molecule has 2 aliphatic rings. The number of ether oxygens (including phenoxy) is 1. The van der Waals surface area contributed by atoms with Gasteiger partial charge in [0.25, 0.3) is 5.91 Å². The van der Waals surface area contributed by atoms with Crippen molar-refractivity contribution in [3.63, 3.8) is 0 Å². The Hall–Kier alpha value is -2.61. The first-order valence-electron chi connectivity index (χ1n) is 16.1. The summed E-state index contributed by atoms with van der Waals surface area (Å²) in [6.45, 7) is 21.1. The van der Waals surface area contributed by atoms with Crippen LogP contribution in [0, 0.1) is 11.8 Å². The molecule has 2 aromatic carbocycles. The van der Waals surface area contributed by atoms with Gasteiger partial charge in [-0.25, -0.2) is 4.21 Å². The van der Waals surface area contributed by atoms with Crippen molar-refractivity contribution in [1.82, 2.24) is 4.72 Å². The van der Waals surface area contributed by atoms with E-state index in [2.05, 4.69) is 48.8 Å². The number of hydrogen-bond acceptors (Lipinski definition) is 5. The van der Waals surface area contributed by atoms with Crippen molar-refractivity contribution < 1.29 is 18.8 Å². The molecule has 5 atom stereocenters. The van der Waals surface area contributed by atoms with Crippen LogP contribution in [0.4, 0.5) is 5.69 Å². The largest absolute Gasteiger partial charge is 0.491 e. The van der Waals surface area contributed by atoms with Gasteiger partial charge in [0, 0.05) is 34.8 Å². The molecule has 8 heteroatoms. The Morgan fingerprint density at radius 3 is 2.45 bits per heavy atom. The Balaban J connectivity index is 0.00000104. The van der Waals surface area contributed by atoms with Crippen LogP contribution < -0.4 is 14.4 Å². The van der Waals surface area contributed by atoms with Gasteiger partial charge in [0.05, 0.1) is 18.4 Å². The summed E-state index contributed by atoms with van der Waals surface area (Å²) in [5.74, 6) is 0.938. The van der Waals surface area contributed by atoms with E-state index in [4.69, 9.17) is 16.3 Å². The number of allylic oxidation sites excluding steroid dienone is 1. The molecule has 0 saturated heterocycles. The molecule has 0 radical (unpaired) electrons. The number of aryl methyl sites for hydroxylation is 1. The molecule has 0 spiro atoms. The maximum Gasteiger partial charge on any atom is 0.263 e. The topological polar surface area (TPSA) is 78.9 Å². The number of rotatable bonds is 11. The summed E-state index contributed by atoms with van der Waals surface area (Å²) in [7, 11) is -1.46. The van der Waals surface area contributed by atoms with Gasteiger partial charge in [-0.2, -0.15) is 0 Å². The first-order valence-corrected chi connectivity index (χ1v) is 17.7. The minimum absolute atomic E-state index is 0.106. The van der Waals surface area contributed by atoms with Crippen molar-refractivity contribution >= 4 is 34.2 Å². The molecule has 1 fully saturated rings. The molecule has 5 unspecified atom stereocenters. The quantitative estimate of drug-likeness (QED) is 0.241. The Labute approximate surface area is 273 Å². The van der Waals surface area contributed by atoms with Crippen molar-refractivity contribution in [2.45, 2.75) is 90.9 Å². The molecule has 4 rings (SSSR count). The van der Waals surface area contributed by atoms with Crippen LogP contribution in [-0.2, 0) is 17.4 Å². The fourth-order valence-corrected chi connectivity index (χ4v) is 6.18. The number of aliphatic hydroxyl groups is 1. The number of carbonyl (C=O) groups excluding carboxylic acids is 1. The van der Waals surface area contributed by atoms with Crippen LogP contribution in [0.15, 0.2) is 61.7 Å². The first kappa shape index (κ1) is 37.6. The maximum atomic E-state index is 12.9. The highest BCUT2D eigenvalue weighted by Gasteiger charge is 2.38. The Kier molecular flexibility index (Phi) is 16.2. The molecule has 1 aliphatic carbocycles. The molecule has 2 N–H and O–H groups in total. The summed E-state index contributed by atoms with van der Waals surface area (Å²) in [5.41, 5.74) is 3.76. The summed E-state index contributed by atoms with van der Waals surface area (Å²) < 4.78 is 21.2. The second kappa shape index (κ2) is 19.0.